The Balaban J connectivity index is 1.67. The Bertz CT molecular complexity index is 677. The molecule has 0 spiro atoms. The maximum Gasteiger partial charge on any atom is 0.251 e. The number of aliphatic hydroxyl groups is 1. The standard InChI is InChI=1S/C15H19ClN4O2/c1-11(21)15(22)19-8-6-18(7-9-19)10-12-14(16)17-13-4-2-3-5-20(12)13/h2-5,11,21H,6-10H2,1H3. The maximum absolute atomic E-state index is 11.8. The topological polar surface area (TPSA) is 61.1 Å². The van der Waals surface area contributed by atoms with Gasteiger partial charge in [-0.05, 0) is 19.1 Å². The lowest BCUT2D eigenvalue weighted by Crippen LogP contribution is -2.50. The molecule has 1 N–H and O–H groups in total. The Morgan fingerprint density at radius 3 is 2.77 bits per heavy atom. The van der Waals surface area contributed by atoms with Crippen LogP contribution in [0.4, 0.5) is 0 Å². The van der Waals surface area contributed by atoms with E-state index in [1.165, 1.54) is 6.92 Å². The first-order valence-corrected chi connectivity index (χ1v) is 7.74. The summed E-state index contributed by atoms with van der Waals surface area (Å²) in [6.07, 6.45) is 1.02. The van der Waals surface area contributed by atoms with Crippen molar-refractivity contribution in [3.05, 3.63) is 35.2 Å². The summed E-state index contributed by atoms with van der Waals surface area (Å²) < 4.78 is 2.00. The monoisotopic (exact) mass is 322 g/mol. The first-order chi connectivity index (χ1) is 10.6. The molecule has 0 bridgehead atoms. The van der Waals surface area contributed by atoms with E-state index < -0.39 is 6.10 Å². The van der Waals surface area contributed by atoms with Crippen molar-refractivity contribution in [3.63, 3.8) is 0 Å². The third-order valence-corrected chi connectivity index (χ3v) is 4.30. The highest BCUT2D eigenvalue weighted by Crippen LogP contribution is 2.20. The van der Waals surface area contributed by atoms with Gasteiger partial charge in [0.15, 0.2) is 5.15 Å². The number of hydrogen-bond donors (Lipinski definition) is 1. The SMILES string of the molecule is CC(O)C(=O)N1CCN(Cc2c(Cl)nc3ccccn23)CC1. The second-order valence-corrected chi connectivity index (χ2v) is 5.91. The summed E-state index contributed by atoms with van der Waals surface area (Å²) in [4.78, 5) is 20.1. The van der Waals surface area contributed by atoms with Crippen LogP contribution in [0, 0.1) is 0 Å². The van der Waals surface area contributed by atoms with E-state index in [0.29, 0.717) is 24.8 Å². The molecule has 0 radical (unpaired) electrons. The highest BCUT2D eigenvalue weighted by molar-refractivity contribution is 6.30. The number of piperazine rings is 1. The molecular weight excluding hydrogens is 304 g/mol. The van der Waals surface area contributed by atoms with Crippen molar-refractivity contribution in [2.24, 2.45) is 0 Å². The van der Waals surface area contributed by atoms with Crippen LogP contribution >= 0.6 is 11.6 Å². The summed E-state index contributed by atoms with van der Waals surface area (Å²) in [5, 5.41) is 9.89. The molecule has 22 heavy (non-hydrogen) atoms. The minimum Gasteiger partial charge on any atom is -0.384 e. The minimum absolute atomic E-state index is 0.201. The van der Waals surface area contributed by atoms with Gasteiger partial charge in [-0.2, -0.15) is 0 Å². The molecule has 3 rings (SSSR count). The van der Waals surface area contributed by atoms with Gasteiger partial charge in [-0.15, -0.1) is 0 Å². The van der Waals surface area contributed by atoms with Crippen LogP contribution in [0.15, 0.2) is 24.4 Å². The van der Waals surface area contributed by atoms with Gasteiger partial charge in [0.25, 0.3) is 5.91 Å². The van der Waals surface area contributed by atoms with E-state index in [1.807, 2.05) is 28.8 Å². The normalized spacial score (nSPS) is 17.9. The van der Waals surface area contributed by atoms with Gasteiger partial charge < -0.3 is 14.4 Å². The number of amides is 1. The van der Waals surface area contributed by atoms with Gasteiger partial charge in [0.2, 0.25) is 0 Å². The quantitative estimate of drug-likeness (QED) is 0.916. The van der Waals surface area contributed by atoms with E-state index in [0.717, 1.165) is 24.4 Å². The van der Waals surface area contributed by atoms with E-state index in [4.69, 9.17) is 11.6 Å². The molecular formula is C15H19ClN4O2. The first-order valence-electron chi connectivity index (χ1n) is 7.37. The van der Waals surface area contributed by atoms with Crippen LogP contribution < -0.4 is 0 Å². The molecule has 118 valence electrons. The number of imidazole rings is 1. The molecule has 1 saturated heterocycles. The number of carbonyl (C=O) groups is 1. The highest BCUT2D eigenvalue weighted by Gasteiger charge is 2.24. The molecule has 1 unspecified atom stereocenters. The molecule has 3 heterocycles. The van der Waals surface area contributed by atoms with Gasteiger partial charge in [-0.3, -0.25) is 9.69 Å². The predicted molar refractivity (Wildman–Crippen MR) is 83.7 cm³/mol. The zero-order chi connectivity index (χ0) is 15.7. The van der Waals surface area contributed by atoms with Gasteiger partial charge in [0, 0.05) is 38.9 Å². The van der Waals surface area contributed by atoms with Crippen LogP contribution in [0.5, 0.6) is 0 Å². The Morgan fingerprint density at radius 1 is 1.36 bits per heavy atom. The lowest BCUT2D eigenvalue weighted by atomic mass is 10.2. The Hall–Kier alpha value is -1.63. The number of halogens is 1. The molecule has 0 aliphatic carbocycles. The second-order valence-electron chi connectivity index (χ2n) is 5.56. The zero-order valence-corrected chi connectivity index (χ0v) is 13.2. The lowest BCUT2D eigenvalue weighted by Gasteiger charge is -2.35. The maximum atomic E-state index is 11.8. The summed E-state index contributed by atoms with van der Waals surface area (Å²) in [5.74, 6) is -0.201. The van der Waals surface area contributed by atoms with Crippen LogP contribution in [-0.4, -0.2) is 62.5 Å². The van der Waals surface area contributed by atoms with Gasteiger partial charge in [0.05, 0.1) is 5.69 Å². The molecule has 2 aromatic heterocycles. The molecule has 7 heteroatoms. The smallest absolute Gasteiger partial charge is 0.251 e. The van der Waals surface area contributed by atoms with Gasteiger partial charge >= 0.3 is 0 Å². The van der Waals surface area contributed by atoms with Gasteiger partial charge in [-0.1, -0.05) is 17.7 Å². The van der Waals surface area contributed by atoms with Crippen molar-refractivity contribution >= 4 is 23.2 Å². The summed E-state index contributed by atoms with van der Waals surface area (Å²) >= 11 is 6.25. The third kappa shape index (κ3) is 2.95. The van der Waals surface area contributed by atoms with Crippen molar-refractivity contribution in [3.8, 4) is 0 Å². The summed E-state index contributed by atoms with van der Waals surface area (Å²) in [6.45, 7) is 4.97. The van der Waals surface area contributed by atoms with Crippen LogP contribution in [0.25, 0.3) is 5.65 Å². The summed E-state index contributed by atoms with van der Waals surface area (Å²) in [7, 11) is 0. The summed E-state index contributed by atoms with van der Waals surface area (Å²) in [5.41, 5.74) is 1.80. The first kappa shape index (κ1) is 15.3. The molecule has 1 aliphatic rings. The van der Waals surface area contributed by atoms with E-state index in [2.05, 4.69) is 9.88 Å². The molecule has 0 aromatic carbocycles. The molecule has 1 atom stereocenters. The molecule has 1 fully saturated rings. The van der Waals surface area contributed by atoms with Crippen LogP contribution in [0.3, 0.4) is 0 Å². The third-order valence-electron chi connectivity index (χ3n) is 3.99. The van der Waals surface area contributed by atoms with Crippen molar-refractivity contribution < 1.29 is 9.90 Å². The van der Waals surface area contributed by atoms with Crippen molar-refractivity contribution in [2.75, 3.05) is 26.2 Å². The van der Waals surface area contributed by atoms with Gasteiger partial charge in [0.1, 0.15) is 11.8 Å². The molecule has 1 amide bonds. The van der Waals surface area contributed by atoms with E-state index in [9.17, 15) is 9.90 Å². The highest BCUT2D eigenvalue weighted by atomic mass is 35.5. The predicted octanol–water partition coefficient (Wildman–Crippen LogP) is 1.01. The average Bonchev–Trinajstić information content (AvgIpc) is 2.83. The van der Waals surface area contributed by atoms with Crippen molar-refractivity contribution in [2.45, 2.75) is 19.6 Å². The number of aromatic nitrogens is 2. The fraction of sp³-hybridized carbons (Fsp3) is 0.467. The number of carbonyl (C=O) groups excluding carboxylic acids is 1. The fourth-order valence-electron chi connectivity index (χ4n) is 2.76. The fourth-order valence-corrected chi connectivity index (χ4v) is 3.00. The van der Waals surface area contributed by atoms with Crippen LogP contribution in [0.1, 0.15) is 12.6 Å². The molecule has 1 aliphatic heterocycles. The van der Waals surface area contributed by atoms with Crippen molar-refractivity contribution in [1.82, 2.24) is 19.2 Å². The number of hydrogen-bond acceptors (Lipinski definition) is 4. The largest absolute Gasteiger partial charge is 0.384 e. The zero-order valence-electron chi connectivity index (χ0n) is 12.4. The summed E-state index contributed by atoms with van der Waals surface area (Å²) in [6, 6.07) is 5.81. The Labute approximate surface area is 133 Å². The lowest BCUT2D eigenvalue weighted by molar-refractivity contribution is -0.141. The number of aliphatic hydroxyl groups excluding tert-OH is 1. The van der Waals surface area contributed by atoms with Crippen LogP contribution in [-0.2, 0) is 11.3 Å². The van der Waals surface area contributed by atoms with Gasteiger partial charge in [-0.25, -0.2) is 4.98 Å². The number of fused-ring (bicyclic) bond motifs is 1. The molecule has 6 nitrogen and oxygen atoms in total. The number of nitrogens with zero attached hydrogens (tertiary/aromatic N) is 4. The van der Waals surface area contributed by atoms with E-state index in [-0.39, 0.29) is 5.91 Å². The van der Waals surface area contributed by atoms with Crippen molar-refractivity contribution in [1.29, 1.82) is 0 Å². The minimum atomic E-state index is -0.931. The van der Waals surface area contributed by atoms with E-state index >= 15 is 0 Å². The number of pyridine rings is 1. The Morgan fingerprint density at radius 2 is 2.09 bits per heavy atom. The average molecular weight is 323 g/mol. The molecule has 0 saturated carbocycles. The second kappa shape index (κ2) is 6.24. The van der Waals surface area contributed by atoms with E-state index in [1.54, 1.807) is 4.90 Å². The Kier molecular flexibility index (Phi) is 4.33. The molecule has 2 aromatic rings. The number of rotatable bonds is 3. The van der Waals surface area contributed by atoms with Crippen LogP contribution in [0.2, 0.25) is 5.15 Å².